The molecule has 0 aliphatic carbocycles. The van der Waals surface area contributed by atoms with E-state index in [1.165, 1.54) is 6.07 Å². The van der Waals surface area contributed by atoms with Gasteiger partial charge in [-0.2, -0.15) is 9.97 Å². The minimum absolute atomic E-state index is 0.0748. The number of nitrogens with zero attached hydrogens (tertiary/aromatic N) is 6. The summed E-state index contributed by atoms with van der Waals surface area (Å²) >= 11 is 0. The number of fused-ring (bicyclic) bond motifs is 4. The van der Waals surface area contributed by atoms with Crippen molar-refractivity contribution < 1.29 is 14.2 Å². The highest BCUT2D eigenvalue weighted by Crippen LogP contribution is 2.32. The van der Waals surface area contributed by atoms with Crippen molar-refractivity contribution in [2.75, 3.05) is 45.2 Å². The molecule has 2 aromatic carbocycles. The van der Waals surface area contributed by atoms with Crippen molar-refractivity contribution in [3.63, 3.8) is 0 Å². The number of imidazole rings is 1. The zero-order chi connectivity index (χ0) is 26.4. The fraction of sp³-hybridized carbons (Fsp3) is 0.393. The van der Waals surface area contributed by atoms with Crippen LogP contribution in [0.25, 0.3) is 21.9 Å². The van der Waals surface area contributed by atoms with E-state index < -0.39 is 5.82 Å². The van der Waals surface area contributed by atoms with Crippen LogP contribution in [-0.4, -0.2) is 81.9 Å². The number of anilines is 1. The van der Waals surface area contributed by atoms with Gasteiger partial charge < -0.3 is 29.5 Å². The Kier molecular flexibility index (Phi) is 6.26. The van der Waals surface area contributed by atoms with Crippen molar-refractivity contribution in [3.05, 3.63) is 47.5 Å². The van der Waals surface area contributed by atoms with E-state index in [1.54, 1.807) is 24.5 Å². The van der Waals surface area contributed by atoms with Gasteiger partial charge in [0.25, 0.3) is 0 Å². The largest absolute Gasteiger partial charge is 0.508 e. The maximum Gasteiger partial charge on any atom is 0.247 e. The number of nitrogens with one attached hydrogen (secondary N) is 1. The SMILES string of the molecule is C#Cc1c(F)ccc2cc(O)cc(Cn3cnc4c(OCCN(C)C)nc(N5CC6CCC(C5)N6)nc43)c12. The summed E-state index contributed by atoms with van der Waals surface area (Å²) in [5.74, 6) is 3.12. The van der Waals surface area contributed by atoms with Crippen LogP contribution in [-0.2, 0) is 6.54 Å². The third kappa shape index (κ3) is 4.48. The topological polar surface area (TPSA) is 91.6 Å². The summed E-state index contributed by atoms with van der Waals surface area (Å²) in [4.78, 5) is 18.6. The molecule has 9 nitrogen and oxygen atoms in total. The molecular weight excluding hydrogens is 485 g/mol. The summed E-state index contributed by atoms with van der Waals surface area (Å²) in [6.45, 7) is 3.12. The number of phenolic OH excluding ortho intramolecular Hbond substituents is 1. The third-order valence-corrected chi connectivity index (χ3v) is 7.32. The van der Waals surface area contributed by atoms with Crippen molar-refractivity contribution in [3.8, 4) is 24.0 Å². The van der Waals surface area contributed by atoms with Gasteiger partial charge >= 0.3 is 0 Å². The van der Waals surface area contributed by atoms with Crippen LogP contribution in [0.3, 0.4) is 0 Å². The summed E-state index contributed by atoms with van der Waals surface area (Å²) in [7, 11) is 3.98. The average molecular weight is 516 g/mol. The molecule has 0 amide bonds. The highest BCUT2D eigenvalue weighted by molar-refractivity contribution is 5.92. The van der Waals surface area contributed by atoms with E-state index in [2.05, 4.69) is 21.1 Å². The maximum atomic E-state index is 14.6. The van der Waals surface area contributed by atoms with Gasteiger partial charge in [0.05, 0.1) is 18.4 Å². The molecule has 0 radical (unpaired) electrons. The number of aromatic nitrogens is 4. The fourth-order valence-electron chi connectivity index (χ4n) is 5.51. The number of benzene rings is 2. The average Bonchev–Trinajstić information content (AvgIpc) is 3.45. The molecule has 38 heavy (non-hydrogen) atoms. The van der Waals surface area contributed by atoms with Crippen molar-refractivity contribution >= 4 is 27.9 Å². The standard InChI is InChI=1S/C28H30FN7O2/c1-4-22-23(29)8-5-17-11-21(37)12-18(24(17)22)13-36-16-30-25-26(36)32-28(33-27(25)38-10-9-34(2)3)35-14-19-6-7-20(15-35)31-19/h1,5,8,11-12,16,19-20,31,37H,6-7,9-10,13-15H2,2-3H3. The molecular formula is C28H30FN7O2. The maximum absolute atomic E-state index is 14.6. The van der Waals surface area contributed by atoms with E-state index >= 15 is 0 Å². The molecule has 2 unspecified atom stereocenters. The molecule has 4 aromatic rings. The smallest absolute Gasteiger partial charge is 0.247 e. The lowest BCUT2D eigenvalue weighted by molar-refractivity contribution is 0.256. The van der Waals surface area contributed by atoms with Gasteiger partial charge in [0, 0.05) is 37.1 Å². The summed E-state index contributed by atoms with van der Waals surface area (Å²) in [6.07, 6.45) is 9.65. The second-order valence-electron chi connectivity index (χ2n) is 10.3. The van der Waals surface area contributed by atoms with Gasteiger partial charge in [-0.1, -0.05) is 12.0 Å². The van der Waals surface area contributed by atoms with Crippen LogP contribution in [0.15, 0.2) is 30.6 Å². The van der Waals surface area contributed by atoms with Crippen molar-refractivity contribution in [2.24, 2.45) is 0 Å². The van der Waals surface area contributed by atoms with Crippen molar-refractivity contribution in [1.29, 1.82) is 0 Å². The summed E-state index contributed by atoms with van der Waals surface area (Å²) in [6, 6.07) is 6.99. The number of aromatic hydroxyl groups is 1. The first-order chi connectivity index (χ1) is 18.4. The second-order valence-corrected chi connectivity index (χ2v) is 10.3. The van der Waals surface area contributed by atoms with Gasteiger partial charge in [0.1, 0.15) is 18.2 Å². The Morgan fingerprint density at radius 2 is 2.00 bits per heavy atom. The number of halogens is 1. The Hall–Kier alpha value is -3.94. The van der Waals surface area contributed by atoms with E-state index in [9.17, 15) is 9.50 Å². The lowest BCUT2D eigenvalue weighted by Crippen LogP contribution is -2.51. The van der Waals surface area contributed by atoms with Crippen molar-refractivity contribution in [2.45, 2.75) is 31.5 Å². The zero-order valence-electron chi connectivity index (χ0n) is 21.5. The van der Waals surface area contributed by atoms with Crippen LogP contribution in [0.4, 0.5) is 10.3 Å². The lowest BCUT2D eigenvalue weighted by Gasteiger charge is -2.33. The van der Waals surface area contributed by atoms with Gasteiger partial charge in [-0.15, -0.1) is 6.42 Å². The highest BCUT2D eigenvalue weighted by Gasteiger charge is 2.34. The normalized spacial score (nSPS) is 19.0. The Morgan fingerprint density at radius 3 is 2.74 bits per heavy atom. The molecule has 0 spiro atoms. The van der Waals surface area contributed by atoms with Gasteiger partial charge in [0.15, 0.2) is 11.2 Å². The first-order valence-electron chi connectivity index (χ1n) is 12.8. The van der Waals surface area contributed by atoms with Crippen LogP contribution in [0.1, 0.15) is 24.0 Å². The fourth-order valence-corrected chi connectivity index (χ4v) is 5.51. The number of rotatable bonds is 7. The number of phenols is 1. The summed E-state index contributed by atoms with van der Waals surface area (Å²) < 4.78 is 22.6. The Bertz CT molecular complexity index is 1550. The Morgan fingerprint density at radius 1 is 1.21 bits per heavy atom. The third-order valence-electron chi connectivity index (χ3n) is 7.32. The van der Waals surface area contributed by atoms with Crippen LogP contribution in [0.5, 0.6) is 11.6 Å². The molecule has 2 aliphatic rings. The number of terminal acetylenes is 1. The van der Waals surface area contributed by atoms with Crippen molar-refractivity contribution in [1.82, 2.24) is 29.7 Å². The number of ether oxygens (including phenoxy) is 1. The first-order valence-corrected chi connectivity index (χ1v) is 12.8. The Labute approximate surface area is 220 Å². The van der Waals surface area contributed by atoms with Crippen LogP contribution in [0, 0.1) is 18.2 Å². The number of hydrogen-bond acceptors (Lipinski definition) is 8. The molecule has 2 aliphatic heterocycles. The molecule has 0 saturated carbocycles. The molecule has 196 valence electrons. The quantitative estimate of drug-likeness (QED) is 0.363. The molecule has 2 N–H and O–H groups in total. The Balaban J connectivity index is 1.44. The van der Waals surface area contributed by atoms with E-state index in [4.69, 9.17) is 21.1 Å². The first kappa shape index (κ1) is 24.4. The molecule has 2 saturated heterocycles. The van der Waals surface area contributed by atoms with Gasteiger partial charge in [0.2, 0.25) is 11.8 Å². The highest BCUT2D eigenvalue weighted by atomic mass is 19.1. The van der Waals surface area contributed by atoms with Crippen LogP contribution < -0.4 is 15.0 Å². The van der Waals surface area contributed by atoms with Crippen LogP contribution >= 0.6 is 0 Å². The van der Waals surface area contributed by atoms with E-state index in [-0.39, 0.29) is 17.9 Å². The predicted molar refractivity (Wildman–Crippen MR) is 144 cm³/mol. The molecule has 6 rings (SSSR count). The van der Waals surface area contributed by atoms with Gasteiger partial charge in [-0.05, 0) is 56.1 Å². The monoisotopic (exact) mass is 515 g/mol. The lowest BCUT2D eigenvalue weighted by atomic mass is 9.98. The second kappa shape index (κ2) is 9.74. The zero-order valence-corrected chi connectivity index (χ0v) is 21.5. The number of likely N-dealkylation sites (N-methyl/N-ethyl adjacent to an activating group) is 1. The minimum Gasteiger partial charge on any atom is -0.508 e. The molecule has 2 fully saturated rings. The van der Waals surface area contributed by atoms with E-state index in [1.807, 2.05) is 23.6 Å². The predicted octanol–water partition coefficient (Wildman–Crippen LogP) is 2.73. The summed E-state index contributed by atoms with van der Waals surface area (Å²) in [5.41, 5.74) is 2.00. The van der Waals surface area contributed by atoms with E-state index in [0.29, 0.717) is 58.0 Å². The number of hydrogen-bond donors (Lipinski definition) is 2. The molecule has 2 bridgehead atoms. The van der Waals surface area contributed by atoms with Gasteiger partial charge in [-0.25, -0.2) is 9.37 Å². The molecule has 10 heteroatoms. The van der Waals surface area contributed by atoms with Gasteiger partial charge in [-0.3, -0.25) is 0 Å². The summed E-state index contributed by atoms with van der Waals surface area (Å²) in [5, 5.41) is 15.3. The molecule has 2 atom stereocenters. The minimum atomic E-state index is -0.475. The molecule has 2 aromatic heterocycles. The number of piperazine rings is 1. The molecule has 4 heterocycles. The van der Waals surface area contributed by atoms with E-state index in [0.717, 1.165) is 32.5 Å². The van der Waals surface area contributed by atoms with Crippen LogP contribution in [0.2, 0.25) is 0 Å².